The van der Waals surface area contributed by atoms with Gasteiger partial charge in [-0.2, -0.15) is 0 Å². The van der Waals surface area contributed by atoms with Gasteiger partial charge in [0.25, 0.3) is 0 Å². The first-order valence-electron chi connectivity index (χ1n) is 14.8. The van der Waals surface area contributed by atoms with E-state index in [-0.39, 0.29) is 47.6 Å². The number of ketones is 3. The van der Waals surface area contributed by atoms with Gasteiger partial charge in [0.05, 0.1) is 12.0 Å². The summed E-state index contributed by atoms with van der Waals surface area (Å²) in [4.78, 5) is 53.5. The number of phenolic OH excluding ortho intramolecular Hbond substituents is 1. The standard InChI is InChI=1S/C34H44O9/c1-15(2)19-11-18(12-21(36)43-31(6,7)8)26(37)23-20(19)13-32(9)14-33(10)24(16(3)4)27(38)22(17(5)35)29(40)34(33,42)30(41)25(32)28(23)39/h11,15-16,24,37,39-40,42H,12-14H2,1-10H3/t24?,32-,33-,34+/m1/s1. The fourth-order valence-corrected chi connectivity index (χ4v) is 8.05. The van der Waals surface area contributed by atoms with Gasteiger partial charge in [-0.15, -0.1) is 0 Å². The maximum absolute atomic E-state index is 14.5. The average molecular weight is 597 g/mol. The molecule has 1 aromatic carbocycles. The summed E-state index contributed by atoms with van der Waals surface area (Å²) in [6.07, 6.45) is -0.0888. The summed E-state index contributed by atoms with van der Waals surface area (Å²) < 4.78 is 5.45. The Labute approximate surface area is 252 Å². The lowest BCUT2D eigenvalue weighted by Gasteiger charge is -2.59. The summed E-state index contributed by atoms with van der Waals surface area (Å²) >= 11 is 0. The molecule has 234 valence electrons. The molecule has 1 fully saturated rings. The molecular formula is C34H44O9. The molecule has 0 spiro atoms. The summed E-state index contributed by atoms with van der Waals surface area (Å²) in [7, 11) is 0. The van der Waals surface area contributed by atoms with Crippen LogP contribution < -0.4 is 0 Å². The van der Waals surface area contributed by atoms with Gasteiger partial charge < -0.3 is 25.2 Å². The molecule has 9 nitrogen and oxygen atoms in total. The largest absolute Gasteiger partial charge is 0.508 e. The molecule has 9 heteroatoms. The number of benzene rings is 1. The van der Waals surface area contributed by atoms with E-state index in [4.69, 9.17) is 4.74 Å². The van der Waals surface area contributed by atoms with Crippen LogP contribution in [0.1, 0.15) is 104 Å². The Morgan fingerprint density at radius 2 is 1.65 bits per heavy atom. The molecule has 1 aromatic rings. The fraction of sp³-hybridized carbons (Fsp3) is 0.588. The number of fused-ring (bicyclic) bond motifs is 3. The van der Waals surface area contributed by atoms with Crippen LogP contribution in [-0.4, -0.2) is 54.9 Å². The molecule has 4 rings (SSSR count). The number of hydrogen-bond acceptors (Lipinski definition) is 9. The first kappa shape index (κ1) is 32.5. The lowest BCUT2D eigenvalue weighted by Crippen LogP contribution is -2.69. The molecule has 0 aliphatic heterocycles. The average Bonchev–Trinajstić information content (AvgIpc) is 2.81. The van der Waals surface area contributed by atoms with Gasteiger partial charge in [0, 0.05) is 27.9 Å². The predicted octanol–water partition coefficient (Wildman–Crippen LogP) is 5.20. The number of ether oxygens (including phenoxy) is 1. The summed E-state index contributed by atoms with van der Waals surface area (Å²) in [6, 6.07) is 1.72. The van der Waals surface area contributed by atoms with Crippen molar-refractivity contribution in [3.63, 3.8) is 0 Å². The van der Waals surface area contributed by atoms with E-state index < -0.39 is 74.3 Å². The summed E-state index contributed by atoms with van der Waals surface area (Å²) in [5, 5.41) is 46.9. The van der Waals surface area contributed by atoms with E-state index >= 15 is 0 Å². The second-order valence-corrected chi connectivity index (χ2v) is 14.7. The zero-order chi connectivity index (χ0) is 32.8. The highest BCUT2D eigenvalue weighted by Gasteiger charge is 2.72. The number of carbonyl (C=O) groups is 4. The first-order chi connectivity index (χ1) is 19.5. The van der Waals surface area contributed by atoms with E-state index in [1.807, 2.05) is 13.8 Å². The number of allylic oxidation sites excluding steroid dienone is 1. The Morgan fingerprint density at radius 1 is 1.07 bits per heavy atom. The van der Waals surface area contributed by atoms with Crippen molar-refractivity contribution >= 4 is 29.1 Å². The molecule has 0 saturated heterocycles. The Kier molecular flexibility index (Phi) is 7.58. The molecule has 0 bridgehead atoms. The minimum atomic E-state index is -2.68. The minimum Gasteiger partial charge on any atom is -0.508 e. The Bertz CT molecular complexity index is 1520. The highest BCUT2D eigenvalue weighted by molar-refractivity contribution is 6.24. The number of aliphatic hydroxyl groups excluding tert-OH is 2. The summed E-state index contributed by atoms with van der Waals surface area (Å²) in [6.45, 7) is 17.0. The maximum atomic E-state index is 14.5. The first-order valence-corrected chi connectivity index (χ1v) is 14.8. The molecule has 0 heterocycles. The van der Waals surface area contributed by atoms with Crippen LogP contribution in [-0.2, 0) is 36.8 Å². The van der Waals surface area contributed by atoms with Crippen molar-refractivity contribution in [3.05, 3.63) is 45.2 Å². The topological polar surface area (TPSA) is 158 Å². The molecular weight excluding hydrogens is 552 g/mol. The van der Waals surface area contributed by atoms with E-state index in [2.05, 4.69) is 0 Å². The normalized spacial score (nSPS) is 29.1. The molecule has 1 unspecified atom stereocenters. The number of esters is 1. The lowest BCUT2D eigenvalue weighted by atomic mass is 9.43. The molecule has 0 aromatic heterocycles. The SMILES string of the molecule is CC(=O)C1=C(O)[C@]2(O)C(=O)C3=C(O)c4c(O)c(CC(=O)OC(C)(C)C)cc(C(C)C)c4C[C@]3(C)C[C@]2(C)C(C(C)C)C1=O. The molecule has 4 atom stereocenters. The highest BCUT2D eigenvalue weighted by Crippen LogP contribution is 2.65. The lowest BCUT2D eigenvalue weighted by molar-refractivity contribution is -0.178. The Morgan fingerprint density at radius 3 is 2.14 bits per heavy atom. The van der Waals surface area contributed by atoms with Crippen LogP contribution in [0, 0.1) is 22.7 Å². The van der Waals surface area contributed by atoms with Crippen LogP contribution in [0.5, 0.6) is 5.75 Å². The van der Waals surface area contributed by atoms with Crippen molar-refractivity contribution in [2.75, 3.05) is 0 Å². The second kappa shape index (κ2) is 10.0. The molecule has 0 amide bonds. The molecule has 43 heavy (non-hydrogen) atoms. The second-order valence-electron chi connectivity index (χ2n) is 14.7. The van der Waals surface area contributed by atoms with Gasteiger partial charge in [0.2, 0.25) is 5.78 Å². The number of Topliss-reactive ketones (excluding diaryl/α,β-unsaturated/α-hetero) is 3. The van der Waals surface area contributed by atoms with Gasteiger partial charge in [-0.1, -0.05) is 47.6 Å². The third kappa shape index (κ3) is 4.62. The predicted molar refractivity (Wildman–Crippen MR) is 159 cm³/mol. The van der Waals surface area contributed by atoms with Gasteiger partial charge in [0.1, 0.15) is 28.4 Å². The monoisotopic (exact) mass is 596 g/mol. The van der Waals surface area contributed by atoms with E-state index in [9.17, 15) is 39.6 Å². The molecule has 3 aliphatic rings. The van der Waals surface area contributed by atoms with Crippen molar-refractivity contribution < 1.29 is 44.3 Å². The number of carbonyl (C=O) groups excluding carboxylic acids is 4. The molecule has 3 aliphatic carbocycles. The Balaban J connectivity index is 2.03. The van der Waals surface area contributed by atoms with E-state index in [1.165, 1.54) is 0 Å². The van der Waals surface area contributed by atoms with E-state index in [0.717, 1.165) is 12.5 Å². The van der Waals surface area contributed by atoms with Crippen LogP contribution in [0.15, 0.2) is 23.0 Å². The van der Waals surface area contributed by atoms with Crippen molar-refractivity contribution in [2.45, 2.75) is 106 Å². The van der Waals surface area contributed by atoms with Crippen molar-refractivity contribution in [2.24, 2.45) is 22.7 Å². The fourth-order valence-electron chi connectivity index (χ4n) is 8.05. The third-order valence-corrected chi connectivity index (χ3v) is 9.49. The number of rotatable bonds is 5. The summed E-state index contributed by atoms with van der Waals surface area (Å²) in [5.41, 5.74) is -5.33. The maximum Gasteiger partial charge on any atom is 0.310 e. The van der Waals surface area contributed by atoms with Gasteiger partial charge in [-0.05, 0) is 63.5 Å². The highest BCUT2D eigenvalue weighted by atomic mass is 16.6. The smallest absolute Gasteiger partial charge is 0.310 e. The van der Waals surface area contributed by atoms with Gasteiger partial charge in [0.15, 0.2) is 17.2 Å². The van der Waals surface area contributed by atoms with Gasteiger partial charge >= 0.3 is 5.97 Å². The minimum absolute atomic E-state index is 0.0136. The van der Waals surface area contributed by atoms with Gasteiger partial charge in [-0.3, -0.25) is 19.2 Å². The van der Waals surface area contributed by atoms with Crippen LogP contribution >= 0.6 is 0 Å². The van der Waals surface area contributed by atoms with Crippen molar-refractivity contribution in [3.8, 4) is 5.75 Å². The molecule has 0 radical (unpaired) electrons. The molecule has 4 N–H and O–H groups in total. The van der Waals surface area contributed by atoms with Crippen LogP contribution in [0.3, 0.4) is 0 Å². The van der Waals surface area contributed by atoms with Crippen LogP contribution in [0.2, 0.25) is 0 Å². The zero-order valence-electron chi connectivity index (χ0n) is 26.8. The van der Waals surface area contributed by atoms with Crippen LogP contribution in [0.25, 0.3) is 5.76 Å². The van der Waals surface area contributed by atoms with E-state index in [0.29, 0.717) is 5.56 Å². The van der Waals surface area contributed by atoms with Crippen molar-refractivity contribution in [1.82, 2.24) is 0 Å². The number of hydrogen-bond donors (Lipinski definition) is 4. The number of phenols is 1. The third-order valence-electron chi connectivity index (χ3n) is 9.49. The number of aliphatic hydroxyl groups is 3. The number of aromatic hydroxyl groups is 1. The van der Waals surface area contributed by atoms with Crippen molar-refractivity contribution in [1.29, 1.82) is 0 Å². The summed E-state index contributed by atoms with van der Waals surface area (Å²) in [5.74, 6) is -6.43. The van der Waals surface area contributed by atoms with E-state index in [1.54, 1.807) is 54.5 Å². The quantitative estimate of drug-likeness (QED) is 0.265. The van der Waals surface area contributed by atoms with Gasteiger partial charge in [-0.25, -0.2) is 0 Å². The van der Waals surface area contributed by atoms with Crippen LogP contribution in [0.4, 0.5) is 0 Å². The zero-order valence-corrected chi connectivity index (χ0v) is 26.8. The Hall–Kier alpha value is -3.46. The molecule has 1 saturated carbocycles.